The van der Waals surface area contributed by atoms with Crippen LogP contribution < -0.4 is 11.5 Å². The van der Waals surface area contributed by atoms with Crippen LogP contribution in [0.1, 0.15) is 47.1 Å². The van der Waals surface area contributed by atoms with Gasteiger partial charge in [-0.15, -0.1) is 0 Å². The van der Waals surface area contributed by atoms with Gasteiger partial charge in [0, 0.05) is 68.1 Å². The van der Waals surface area contributed by atoms with E-state index in [0.717, 1.165) is 35.4 Å². The molecule has 1 unspecified atom stereocenters. The number of hydrogen-bond acceptors (Lipinski definition) is 7. The SMILES string of the molecule is Nc1cccc(C(N)CN2C=C3C(=COC34CCN(Cc3ccc(C(F)(F)F)o3)CC4)N(Cc3c(F)cccc3C(F)(F)F)C2)c1. The molecular weight excluding hydrogens is 619 g/mol. The van der Waals surface area contributed by atoms with E-state index in [0.29, 0.717) is 37.3 Å². The number of hydrogen-bond donors (Lipinski definition) is 2. The number of ether oxygens (including phenoxy) is 1. The van der Waals surface area contributed by atoms with E-state index < -0.39 is 46.7 Å². The Balaban J connectivity index is 1.25. The van der Waals surface area contributed by atoms with E-state index in [1.54, 1.807) is 23.1 Å². The Hall–Kier alpha value is -4.17. The summed E-state index contributed by atoms with van der Waals surface area (Å²) >= 11 is 0. The number of fused-ring (bicyclic) bond motifs is 2. The fourth-order valence-corrected chi connectivity index (χ4v) is 6.34. The average Bonchev–Trinajstić information content (AvgIpc) is 3.60. The minimum absolute atomic E-state index is 0.114. The van der Waals surface area contributed by atoms with Crippen LogP contribution in [0.3, 0.4) is 0 Å². The van der Waals surface area contributed by atoms with Gasteiger partial charge in [-0.1, -0.05) is 18.2 Å². The van der Waals surface area contributed by atoms with Crippen LogP contribution in [0.5, 0.6) is 0 Å². The number of rotatable bonds is 7. The molecule has 246 valence electrons. The molecule has 2 aromatic carbocycles. The molecule has 3 aromatic rings. The smallest absolute Gasteiger partial charge is 0.449 e. The highest BCUT2D eigenvalue weighted by Gasteiger charge is 2.48. The number of nitrogens with two attached hydrogens (primary N) is 2. The zero-order valence-corrected chi connectivity index (χ0v) is 24.5. The number of benzene rings is 2. The number of anilines is 1. The first-order valence-electron chi connectivity index (χ1n) is 14.7. The lowest BCUT2D eigenvalue weighted by atomic mass is 9.83. The minimum atomic E-state index is -4.76. The van der Waals surface area contributed by atoms with Gasteiger partial charge in [-0.2, -0.15) is 26.3 Å². The summed E-state index contributed by atoms with van der Waals surface area (Å²) in [6.07, 6.45) is -5.04. The number of likely N-dealkylation sites (tertiary alicyclic amines) is 1. The van der Waals surface area contributed by atoms with Gasteiger partial charge >= 0.3 is 12.4 Å². The number of halogens is 7. The molecule has 1 saturated heterocycles. The fraction of sp³-hybridized carbons (Fsp3) is 0.375. The van der Waals surface area contributed by atoms with Crippen molar-refractivity contribution in [3.05, 3.63) is 112 Å². The highest BCUT2D eigenvalue weighted by atomic mass is 19.4. The van der Waals surface area contributed by atoms with Gasteiger partial charge in [0.15, 0.2) is 0 Å². The van der Waals surface area contributed by atoms with Crippen molar-refractivity contribution >= 4 is 5.69 Å². The molecule has 3 aliphatic rings. The van der Waals surface area contributed by atoms with Gasteiger partial charge < -0.3 is 30.4 Å². The largest absolute Gasteiger partial charge is 0.488 e. The van der Waals surface area contributed by atoms with Crippen molar-refractivity contribution in [2.75, 3.05) is 32.0 Å². The number of alkyl halides is 6. The second-order valence-electron chi connectivity index (χ2n) is 11.8. The summed E-state index contributed by atoms with van der Waals surface area (Å²) in [7, 11) is 0. The molecule has 0 radical (unpaired) electrons. The first-order valence-corrected chi connectivity index (χ1v) is 14.7. The lowest BCUT2D eigenvalue weighted by molar-refractivity contribution is -0.153. The molecule has 1 fully saturated rings. The van der Waals surface area contributed by atoms with E-state index in [9.17, 15) is 30.7 Å². The van der Waals surface area contributed by atoms with E-state index in [4.69, 9.17) is 20.6 Å². The fourth-order valence-electron chi connectivity index (χ4n) is 6.34. The third-order valence-electron chi connectivity index (χ3n) is 8.70. The number of nitrogen functional groups attached to an aromatic ring is 1. The van der Waals surface area contributed by atoms with Gasteiger partial charge in [-0.3, -0.25) is 4.90 Å². The molecule has 0 aliphatic carbocycles. The van der Waals surface area contributed by atoms with Crippen molar-refractivity contribution < 1.29 is 39.9 Å². The summed E-state index contributed by atoms with van der Waals surface area (Å²) in [5.74, 6) is -1.84. The minimum Gasteiger partial charge on any atom is -0.488 e. The van der Waals surface area contributed by atoms with Gasteiger partial charge in [0.2, 0.25) is 5.76 Å². The first-order chi connectivity index (χ1) is 21.7. The van der Waals surface area contributed by atoms with Crippen LogP contribution in [0, 0.1) is 5.82 Å². The van der Waals surface area contributed by atoms with Crippen LogP contribution in [-0.4, -0.2) is 46.6 Å². The molecule has 4 heterocycles. The summed E-state index contributed by atoms with van der Waals surface area (Å²) in [4.78, 5) is 5.48. The normalized spacial score (nSPS) is 19.1. The van der Waals surface area contributed by atoms with E-state index in [1.807, 2.05) is 22.1 Å². The van der Waals surface area contributed by atoms with Crippen LogP contribution in [-0.2, 0) is 30.2 Å². The molecule has 0 saturated carbocycles. The maximum atomic E-state index is 15.0. The number of nitrogens with zero attached hydrogens (tertiary/aromatic N) is 3. The molecule has 4 N–H and O–H groups in total. The second kappa shape index (κ2) is 11.9. The van der Waals surface area contributed by atoms with E-state index in [2.05, 4.69) is 0 Å². The third kappa shape index (κ3) is 6.41. The van der Waals surface area contributed by atoms with Crippen LogP contribution >= 0.6 is 0 Å². The molecule has 0 bridgehead atoms. The number of furan rings is 1. The maximum Gasteiger partial charge on any atom is 0.449 e. The lowest BCUT2D eigenvalue weighted by Gasteiger charge is -2.44. The Morgan fingerprint density at radius 3 is 2.33 bits per heavy atom. The van der Waals surface area contributed by atoms with Gasteiger partial charge in [0.1, 0.15) is 23.4 Å². The molecule has 14 heteroatoms. The molecule has 1 spiro atoms. The predicted octanol–water partition coefficient (Wildman–Crippen LogP) is 6.60. The molecule has 46 heavy (non-hydrogen) atoms. The highest BCUT2D eigenvalue weighted by Crippen LogP contribution is 2.46. The van der Waals surface area contributed by atoms with Crippen molar-refractivity contribution in [2.45, 2.75) is 49.9 Å². The van der Waals surface area contributed by atoms with Crippen LogP contribution in [0.25, 0.3) is 0 Å². The van der Waals surface area contributed by atoms with Crippen molar-refractivity contribution in [1.82, 2.24) is 14.7 Å². The standard InChI is InChI=1S/C32H32F7N5O2/c33-26-6-2-5-24(31(34,35)36)23(26)15-44-19-43(17-27(41)20-3-1-4-21(40)13-20)16-25-28(44)18-45-30(25)9-11-42(12-10-30)14-22-7-8-29(46-22)32(37,38)39/h1-8,13,16,18,27H,9-12,14-15,17,19,40-41H2. The van der Waals surface area contributed by atoms with Gasteiger partial charge in [-0.25, -0.2) is 4.39 Å². The summed E-state index contributed by atoms with van der Waals surface area (Å²) in [5.41, 5.74) is 12.7. The molecule has 7 nitrogen and oxygen atoms in total. The Kier molecular flexibility index (Phi) is 8.21. The molecule has 3 aliphatic heterocycles. The topological polar surface area (TPSA) is 84.1 Å². The highest BCUT2D eigenvalue weighted by molar-refractivity contribution is 5.45. The number of piperidine rings is 1. The summed E-state index contributed by atoms with van der Waals surface area (Å²) in [6.45, 7) is 1.10. The summed E-state index contributed by atoms with van der Waals surface area (Å²) in [5, 5.41) is 0. The van der Waals surface area contributed by atoms with Crippen molar-refractivity contribution in [2.24, 2.45) is 5.73 Å². The molecule has 6 rings (SSSR count). The Labute approximate surface area is 260 Å². The van der Waals surface area contributed by atoms with Gasteiger partial charge in [0.05, 0.1) is 24.5 Å². The predicted molar refractivity (Wildman–Crippen MR) is 155 cm³/mol. The van der Waals surface area contributed by atoms with Crippen LogP contribution in [0.4, 0.5) is 36.4 Å². The summed E-state index contributed by atoms with van der Waals surface area (Å²) in [6, 6.07) is 11.7. The Morgan fingerprint density at radius 2 is 1.65 bits per heavy atom. The zero-order chi connectivity index (χ0) is 32.9. The Morgan fingerprint density at radius 1 is 0.913 bits per heavy atom. The van der Waals surface area contributed by atoms with Crippen molar-refractivity contribution in [3.63, 3.8) is 0 Å². The van der Waals surface area contributed by atoms with Gasteiger partial charge in [-0.05, 0) is 42.0 Å². The van der Waals surface area contributed by atoms with E-state index in [1.165, 1.54) is 12.3 Å². The molecular formula is C32H32F7N5O2. The third-order valence-corrected chi connectivity index (χ3v) is 8.70. The molecule has 0 amide bonds. The quantitative estimate of drug-likeness (QED) is 0.220. The zero-order valence-electron chi connectivity index (χ0n) is 24.5. The molecule has 1 aromatic heterocycles. The second-order valence-corrected chi connectivity index (χ2v) is 11.8. The van der Waals surface area contributed by atoms with E-state index >= 15 is 0 Å². The molecule has 1 atom stereocenters. The van der Waals surface area contributed by atoms with E-state index in [-0.39, 0.29) is 32.1 Å². The van der Waals surface area contributed by atoms with Crippen molar-refractivity contribution in [1.29, 1.82) is 0 Å². The maximum absolute atomic E-state index is 15.0. The average molecular weight is 652 g/mol. The van der Waals surface area contributed by atoms with Crippen LogP contribution in [0.15, 0.2) is 82.7 Å². The Bertz CT molecular complexity index is 1640. The summed E-state index contributed by atoms with van der Waals surface area (Å²) < 4.78 is 107. The van der Waals surface area contributed by atoms with Crippen molar-refractivity contribution in [3.8, 4) is 0 Å². The first kappa shape index (κ1) is 31.8. The van der Waals surface area contributed by atoms with Gasteiger partial charge in [0.25, 0.3) is 0 Å². The lowest BCUT2D eigenvalue weighted by Crippen LogP contribution is -2.49. The monoisotopic (exact) mass is 651 g/mol. The van der Waals surface area contributed by atoms with Crippen LogP contribution in [0.2, 0.25) is 0 Å².